The van der Waals surface area contributed by atoms with Crippen molar-refractivity contribution in [2.45, 2.75) is 18.8 Å². The topological polar surface area (TPSA) is 38.9 Å². The molecule has 1 heterocycles. The molecule has 2 nitrogen and oxygen atoms in total. The van der Waals surface area contributed by atoms with Gasteiger partial charge in [-0.05, 0) is 29.7 Å². The summed E-state index contributed by atoms with van der Waals surface area (Å²) < 4.78 is 27.3. The molecule has 0 aliphatic carbocycles. The molecule has 100 valence electrons. The maximum absolute atomic E-state index is 13.9. The van der Waals surface area contributed by atoms with E-state index in [4.69, 9.17) is 5.73 Å². The quantitative estimate of drug-likeness (QED) is 0.920. The van der Waals surface area contributed by atoms with Crippen molar-refractivity contribution in [3.8, 4) is 0 Å². The Balaban J connectivity index is 2.40. The van der Waals surface area contributed by atoms with E-state index in [-0.39, 0.29) is 6.54 Å². The van der Waals surface area contributed by atoms with Gasteiger partial charge in [-0.15, -0.1) is 0 Å². The Labute approximate surface area is 111 Å². The van der Waals surface area contributed by atoms with Crippen LogP contribution in [0.2, 0.25) is 0 Å². The third-order valence-corrected chi connectivity index (χ3v) is 3.37. The van der Waals surface area contributed by atoms with E-state index < -0.39 is 17.0 Å². The Morgan fingerprint density at radius 3 is 2.63 bits per heavy atom. The lowest BCUT2D eigenvalue weighted by Crippen LogP contribution is -2.35. The maximum Gasteiger partial charge on any atom is 0.162 e. The molecule has 0 saturated carbocycles. The monoisotopic (exact) mass is 262 g/mol. The highest BCUT2D eigenvalue weighted by Crippen LogP contribution is 2.30. The van der Waals surface area contributed by atoms with Gasteiger partial charge in [-0.2, -0.15) is 0 Å². The first-order chi connectivity index (χ1) is 9.07. The van der Waals surface area contributed by atoms with E-state index in [0.717, 1.165) is 11.6 Å². The standard InChI is InChI=1S/C15H16F2N2/c1-15(10-18,8-11-4-3-7-19-9-11)12-5-2-6-13(16)14(12)17/h2-7,9H,8,10,18H2,1H3. The predicted octanol–water partition coefficient (Wildman–Crippen LogP) is 2.82. The van der Waals surface area contributed by atoms with Gasteiger partial charge in [-0.25, -0.2) is 8.78 Å². The van der Waals surface area contributed by atoms with E-state index in [2.05, 4.69) is 4.98 Å². The Morgan fingerprint density at radius 1 is 1.21 bits per heavy atom. The second-order valence-electron chi connectivity index (χ2n) is 4.90. The zero-order valence-corrected chi connectivity index (χ0v) is 10.7. The molecule has 1 aromatic carbocycles. The Bertz CT molecular complexity index is 557. The van der Waals surface area contributed by atoms with Gasteiger partial charge in [0.2, 0.25) is 0 Å². The normalized spacial score (nSPS) is 14.1. The molecule has 2 N–H and O–H groups in total. The highest BCUT2D eigenvalue weighted by Gasteiger charge is 2.29. The van der Waals surface area contributed by atoms with Gasteiger partial charge in [0.1, 0.15) is 0 Å². The number of rotatable bonds is 4. The van der Waals surface area contributed by atoms with Gasteiger partial charge in [-0.3, -0.25) is 4.98 Å². The van der Waals surface area contributed by atoms with E-state index >= 15 is 0 Å². The summed E-state index contributed by atoms with van der Waals surface area (Å²) in [5.74, 6) is -1.66. The van der Waals surface area contributed by atoms with E-state index in [0.29, 0.717) is 12.0 Å². The van der Waals surface area contributed by atoms with E-state index in [1.807, 2.05) is 19.1 Å². The molecule has 2 rings (SSSR count). The SMILES string of the molecule is CC(CN)(Cc1cccnc1)c1cccc(F)c1F. The van der Waals surface area contributed by atoms with Crippen LogP contribution in [-0.2, 0) is 11.8 Å². The molecule has 0 bridgehead atoms. The first kappa shape index (κ1) is 13.6. The number of hydrogen-bond donors (Lipinski definition) is 1. The third kappa shape index (κ3) is 2.79. The Kier molecular flexibility index (Phi) is 3.90. The van der Waals surface area contributed by atoms with Crippen LogP contribution in [-0.4, -0.2) is 11.5 Å². The average molecular weight is 262 g/mol. The first-order valence-corrected chi connectivity index (χ1v) is 6.10. The van der Waals surface area contributed by atoms with Gasteiger partial charge in [0.05, 0.1) is 0 Å². The molecule has 0 spiro atoms. The molecule has 1 unspecified atom stereocenters. The van der Waals surface area contributed by atoms with Crippen molar-refractivity contribution < 1.29 is 8.78 Å². The minimum Gasteiger partial charge on any atom is -0.330 e. The maximum atomic E-state index is 13.9. The van der Waals surface area contributed by atoms with E-state index in [9.17, 15) is 8.78 Å². The lowest BCUT2D eigenvalue weighted by Gasteiger charge is -2.29. The lowest BCUT2D eigenvalue weighted by molar-refractivity contribution is 0.425. The number of benzene rings is 1. The van der Waals surface area contributed by atoms with Crippen LogP contribution in [0.15, 0.2) is 42.7 Å². The van der Waals surface area contributed by atoms with Crippen molar-refractivity contribution in [3.63, 3.8) is 0 Å². The first-order valence-electron chi connectivity index (χ1n) is 6.10. The van der Waals surface area contributed by atoms with Gasteiger partial charge in [0.25, 0.3) is 0 Å². The van der Waals surface area contributed by atoms with Crippen LogP contribution in [0.25, 0.3) is 0 Å². The molecule has 0 amide bonds. The molecule has 1 aromatic heterocycles. The number of aromatic nitrogens is 1. The van der Waals surface area contributed by atoms with Crippen molar-refractivity contribution in [3.05, 3.63) is 65.5 Å². The Morgan fingerprint density at radius 2 is 2.00 bits per heavy atom. The minimum atomic E-state index is -0.844. The van der Waals surface area contributed by atoms with Gasteiger partial charge >= 0.3 is 0 Å². The smallest absolute Gasteiger partial charge is 0.162 e. The van der Waals surface area contributed by atoms with Gasteiger partial charge < -0.3 is 5.73 Å². The van der Waals surface area contributed by atoms with Crippen molar-refractivity contribution in [2.24, 2.45) is 5.73 Å². The van der Waals surface area contributed by atoms with Crippen LogP contribution >= 0.6 is 0 Å². The molecule has 2 aromatic rings. The lowest BCUT2D eigenvalue weighted by atomic mass is 9.77. The molecule has 1 atom stereocenters. The molecule has 0 aliphatic heterocycles. The highest BCUT2D eigenvalue weighted by molar-refractivity contribution is 5.30. The fraction of sp³-hybridized carbons (Fsp3) is 0.267. The number of halogens is 2. The van der Waals surface area contributed by atoms with Gasteiger partial charge in [0.15, 0.2) is 11.6 Å². The number of hydrogen-bond acceptors (Lipinski definition) is 2. The third-order valence-electron chi connectivity index (χ3n) is 3.37. The summed E-state index contributed by atoms with van der Waals surface area (Å²) in [5.41, 5.74) is 6.39. The summed E-state index contributed by atoms with van der Waals surface area (Å²) in [5, 5.41) is 0. The Hall–Kier alpha value is -1.81. The van der Waals surface area contributed by atoms with Crippen LogP contribution in [0.5, 0.6) is 0 Å². The van der Waals surface area contributed by atoms with Crippen molar-refractivity contribution in [2.75, 3.05) is 6.54 Å². The van der Waals surface area contributed by atoms with Crippen LogP contribution < -0.4 is 5.73 Å². The second kappa shape index (κ2) is 5.45. The van der Waals surface area contributed by atoms with Gasteiger partial charge in [-0.1, -0.05) is 25.1 Å². The van der Waals surface area contributed by atoms with Crippen LogP contribution in [0, 0.1) is 11.6 Å². The molecule has 0 radical (unpaired) electrons. The average Bonchev–Trinajstić information content (AvgIpc) is 2.43. The number of pyridine rings is 1. The molecular weight excluding hydrogens is 246 g/mol. The largest absolute Gasteiger partial charge is 0.330 e. The molecular formula is C15H16F2N2. The molecule has 19 heavy (non-hydrogen) atoms. The highest BCUT2D eigenvalue weighted by atomic mass is 19.2. The van der Waals surface area contributed by atoms with Gasteiger partial charge in [0, 0.05) is 24.4 Å². The fourth-order valence-corrected chi connectivity index (χ4v) is 2.20. The second-order valence-corrected chi connectivity index (χ2v) is 4.90. The number of nitrogens with two attached hydrogens (primary N) is 1. The zero-order chi connectivity index (χ0) is 13.9. The summed E-state index contributed by atoms with van der Waals surface area (Å²) >= 11 is 0. The van der Waals surface area contributed by atoms with Crippen LogP contribution in [0.4, 0.5) is 8.78 Å². The predicted molar refractivity (Wildman–Crippen MR) is 70.7 cm³/mol. The zero-order valence-electron chi connectivity index (χ0n) is 10.7. The molecule has 0 aliphatic rings. The summed E-state index contributed by atoms with van der Waals surface area (Å²) in [6.45, 7) is 2.06. The van der Waals surface area contributed by atoms with Crippen molar-refractivity contribution in [1.29, 1.82) is 0 Å². The summed E-state index contributed by atoms with van der Waals surface area (Å²) in [6, 6.07) is 7.92. The molecule has 4 heteroatoms. The van der Waals surface area contributed by atoms with Crippen molar-refractivity contribution >= 4 is 0 Å². The van der Waals surface area contributed by atoms with E-state index in [1.165, 1.54) is 6.07 Å². The van der Waals surface area contributed by atoms with Crippen LogP contribution in [0.1, 0.15) is 18.1 Å². The van der Waals surface area contributed by atoms with Crippen molar-refractivity contribution in [1.82, 2.24) is 4.98 Å². The minimum absolute atomic E-state index is 0.224. The van der Waals surface area contributed by atoms with Crippen LogP contribution in [0.3, 0.4) is 0 Å². The summed E-state index contributed by atoms with van der Waals surface area (Å²) in [7, 11) is 0. The summed E-state index contributed by atoms with van der Waals surface area (Å²) in [4.78, 5) is 4.03. The summed E-state index contributed by atoms with van der Waals surface area (Å²) in [6.07, 6.45) is 3.90. The van der Waals surface area contributed by atoms with E-state index in [1.54, 1.807) is 18.5 Å². The molecule has 0 saturated heterocycles. The molecule has 0 fully saturated rings. The number of nitrogens with zero attached hydrogens (tertiary/aromatic N) is 1. The fourth-order valence-electron chi connectivity index (χ4n) is 2.20.